The van der Waals surface area contributed by atoms with E-state index in [1.54, 1.807) is 19.1 Å². The van der Waals surface area contributed by atoms with Gasteiger partial charge in [0.1, 0.15) is 17.5 Å². The monoisotopic (exact) mass is 539 g/mol. The molecule has 5 rings (SSSR count). The Morgan fingerprint density at radius 1 is 0.900 bits per heavy atom. The third kappa shape index (κ3) is 6.30. The lowest BCUT2D eigenvalue weighted by Crippen LogP contribution is -2.47. The van der Waals surface area contributed by atoms with Crippen LogP contribution in [0.1, 0.15) is 54.8 Å². The Balaban J connectivity index is 1.52. The van der Waals surface area contributed by atoms with E-state index in [2.05, 4.69) is 10.3 Å². The van der Waals surface area contributed by atoms with Crippen molar-refractivity contribution in [3.05, 3.63) is 95.7 Å². The Morgan fingerprint density at radius 3 is 2.23 bits per heavy atom. The number of amides is 2. The van der Waals surface area contributed by atoms with Crippen LogP contribution in [0.25, 0.3) is 10.9 Å². The van der Waals surface area contributed by atoms with Crippen molar-refractivity contribution in [2.75, 3.05) is 14.2 Å². The van der Waals surface area contributed by atoms with Gasteiger partial charge in [-0.1, -0.05) is 61.7 Å². The molecule has 7 nitrogen and oxygen atoms in total. The quantitative estimate of drug-likeness (QED) is 0.261. The van der Waals surface area contributed by atoms with Crippen molar-refractivity contribution in [1.82, 2.24) is 15.2 Å². The van der Waals surface area contributed by atoms with Gasteiger partial charge in [-0.2, -0.15) is 0 Å². The minimum atomic E-state index is -0.798. The van der Waals surface area contributed by atoms with E-state index in [1.165, 1.54) is 6.42 Å². The number of carbonyl (C=O) groups excluding carboxylic acids is 2. The van der Waals surface area contributed by atoms with Gasteiger partial charge in [-0.15, -0.1) is 0 Å². The number of hydrogen-bond donors (Lipinski definition) is 2. The second-order valence-electron chi connectivity index (χ2n) is 10.4. The molecule has 1 heterocycles. The number of fused-ring (bicyclic) bond motifs is 1. The van der Waals surface area contributed by atoms with E-state index in [-0.39, 0.29) is 30.8 Å². The SMILES string of the molecule is COc1ccc(CN(C(=O)Cc2c[nH]c3ccccc23)[C@@H](C(=O)NC2CCCCC2)c2ccc(OC)cc2)cc1. The summed E-state index contributed by atoms with van der Waals surface area (Å²) in [5.41, 5.74) is 3.54. The average molecular weight is 540 g/mol. The number of methoxy groups -OCH3 is 2. The van der Waals surface area contributed by atoms with Crippen LogP contribution in [-0.2, 0) is 22.6 Å². The first-order chi connectivity index (χ1) is 19.6. The topological polar surface area (TPSA) is 83.7 Å². The molecule has 1 aromatic heterocycles. The van der Waals surface area contributed by atoms with Crippen LogP contribution < -0.4 is 14.8 Å². The van der Waals surface area contributed by atoms with E-state index in [0.29, 0.717) is 5.75 Å². The Morgan fingerprint density at radius 2 is 1.55 bits per heavy atom. The molecule has 208 valence electrons. The summed E-state index contributed by atoms with van der Waals surface area (Å²) in [5.74, 6) is 1.15. The summed E-state index contributed by atoms with van der Waals surface area (Å²) < 4.78 is 10.7. The lowest BCUT2D eigenvalue weighted by molar-refractivity contribution is -0.141. The molecule has 7 heteroatoms. The molecule has 1 atom stereocenters. The lowest BCUT2D eigenvalue weighted by atomic mass is 9.94. The van der Waals surface area contributed by atoms with Gasteiger partial charge in [-0.25, -0.2) is 0 Å². The van der Waals surface area contributed by atoms with Crippen molar-refractivity contribution in [3.8, 4) is 11.5 Å². The number of aromatic nitrogens is 1. The highest BCUT2D eigenvalue weighted by Gasteiger charge is 2.33. The zero-order valence-corrected chi connectivity index (χ0v) is 23.2. The van der Waals surface area contributed by atoms with Gasteiger partial charge in [0.05, 0.1) is 20.6 Å². The Bertz CT molecular complexity index is 1420. The van der Waals surface area contributed by atoms with E-state index in [0.717, 1.165) is 59.0 Å². The second kappa shape index (κ2) is 12.7. The van der Waals surface area contributed by atoms with Gasteiger partial charge >= 0.3 is 0 Å². The maximum Gasteiger partial charge on any atom is 0.247 e. The molecule has 1 aliphatic rings. The third-order valence-electron chi connectivity index (χ3n) is 7.79. The van der Waals surface area contributed by atoms with Crippen molar-refractivity contribution in [2.45, 2.75) is 57.2 Å². The van der Waals surface area contributed by atoms with Crippen LogP contribution in [0.3, 0.4) is 0 Å². The minimum absolute atomic E-state index is 0.119. The highest BCUT2D eigenvalue weighted by molar-refractivity contribution is 5.92. The lowest BCUT2D eigenvalue weighted by Gasteiger charge is -2.33. The van der Waals surface area contributed by atoms with Crippen molar-refractivity contribution < 1.29 is 19.1 Å². The fourth-order valence-corrected chi connectivity index (χ4v) is 5.58. The number of para-hydroxylation sites is 1. The Labute approximate surface area is 235 Å². The second-order valence-corrected chi connectivity index (χ2v) is 10.4. The van der Waals surface area contributed by atoms with Crippen LogP contribution in [-0.4, -0.2) is 42.0 Å². The van der Waals surface area contributed by atoms with Crippen LogP contribution in [0.5, 0.6) is 11.5 Å². The average Bonchev–Trinajstić information content (AvgIpc) is 3.40. The first kappa shape index (κ1) is 27.3. The van der Waals surface area contributed by atoms with E-state index in [1.807, 2.05) is 79.0 Å². The highest BCUT2D eigenvalue weighted by Crippen LogP contribution is 2.29. The molecule has 0 saturated heterocycles. The summed E-state index contributed by atoms with van der Waals surface area (Å²) in [7, 11) is 3.24. The smallest absolute Gasteiger partial charge is 0.247 e. The number of benzene rings is 3. The van der Waals surface area contributed by atoms with Gasteiger partial charge in [0.15, 0.2) is 0 Å². The molecule has 0 radical (unpaired) electrons. The van der Waals surface area contributed by atoms with Crippen molar-refractivity contribution in [1.29, 1.82) is 0 Å². The molecule has 40 heavy (non-hydrogen) atoms. The largest absolute Gasteiger partial charge is 0.497 e. The zero-order valence-electron chi connectivity index (χ0n) is 23.2. The standard InChI is InChI=1S/C33H37N3O4/c1-39-27-16-12-23(13-17-27)22-36(31(37)20-25-21-34-30-11-7-6-10-29(25)30)32(24-14-18-28(40-2)19-15-24)33(38)35-26-8-4-3-5-9-26/h6-7,10-19,21,26,32,34H,3-5,8-9,20,22H2,1-2H3,(H,35,38)/t32-/m1/s1. The molecular weight excluding hydrogens is 502 g/mol. The number of carbonyl (C=O) groups is 2. The van der Waals surface area contributed by atoms with Gasteiger partial charge in [-0.05, 0) is 59.9 Å². The van der Waals surface area contributed by atoms with Crippen LogP contribution in [0.2, 0.25) is 0 Å². The molecule has 3 aromatic carbocycles. The molecule has 0 aliphatic heterocycles. The molecule has 1 saturated carbocycles. The van der Waals surface area contributed by atoms with Gasteiger partial charge in [-0.3, -0.25) is 9.59 Å². The predicted octanol–water partition coefficient (Wildman–Crippen LogP) is 5.95. The predicted molar refractivity (Wildman–Crippen MR) is 156 cm³/mol. The molecular formula is C33H37N3O4. The number of nitrogens with one attached hydrogen (secondary N) is 2. The van der Waals surface area contributed by atoms with E-state index >= 15 is 0 Å². The van der Waals surface area contributed by atoms with Gasteiger partial charge in [0.2, 0.25) is 11.8 Å². The van der Waals surface area contributed by atoms with Crippen molar-refractivity contribution in [2.24, 2.45) is 0 Å². The summed E-state index contributed by atoms with van der Waals surface area (Å²) >= 11 is 0. The molecule has 1 fully saturated rings. The number of nitrogens with zero attached hydrogens (tertiary/aromatic N) is 1. The number of aromatic amines is 1. The van der Waals surface area contributed by atoms with Crippen LogP contribution >= 0.6 is 0 Å². The van der Waals surface area contributed by atoms with E-state index in [9.17, 15) is 9.59 Å². The Hall–Kier alpha value is -4.26. The maximum atomic E-state index is 14.2. The van der Waals surface area contributed by atoms with Gasteiger partial charge < -0.3 is 24.7 Å². The number of ether oxygens (including phenoxy) is 2. The van der Waals surface area contributed by atoms with E-state index < -0.39 is 6.04 Å². The third-order valence-corrected chi connectivity index (χ3v) is 7.79. The van der Waals surface area contributed by atoms with Crippen LogP contribution in [0, 0.1) is 0 Å². The van der Waals surface area contributed by atoms with E-state index in [4.69, 9.17) is 9.47 Å². The fraction of sp³-hybridized carbons (Fsp3) is 0.333. The first-order valence-electron chi connectivity index (χ1n) is 14.0. The maximum absolute atomic E-state index is 14.2. The first-order valence-corrected chi connectivity index (χ1v) is 14.0. The van der Waals surface area contributed by atoms with Crippen LogP contribution in [0.15, 0.2) is 79.0 Å². The van der Waals surface area contributed by atoms with Crippen molar-refractivity contribution in [3.63, 3.8) is 0 Å². The zero-order chi connectivity index (χ0) is 27.9. The summed E-state index contributed by atoms with van der Waals surface area (Å²) in [6, 6.07) is 22.3. The molecule has 2 N–H and O–H groups in total. The fourth-order valence-electron chi connectivity index (χ4n) is 5.58. The summed E-state index contributed by atoms with van der Waals surface area (Å²) in [5, 5.41) is 4.29. The molecule has 4 aromatic rings. The summed E-state index contributed by atoms with van der Waals surface area (Å²) in [6.07, 6.45) is 7.38. The van der Waals surface area contributed by atoms with Gasteiger partial charge in [0, 0.05) is 29.7 Å². The molecule has 0 bridgehead atoms. The van der Waals surface area contributed by atoms with Crippen molar-refractivity contribution >= 4 is 22.7 Å². The number of H-pyrrole nitrogens is 1. The number of rotatable bonds is 10. The molecule has 0 spiro atoms. The summed E-state index contributed by atoms with van der Waals surface area (Å²) in [4.78, 5) is 33.2. The minimum Gasteiger partial charge on any atom is -0.497 e. The summed E-state index contributed by atoms with van der Waals surface area (Å²) in [6.45, 7) is 0.278. The highest BCUT2D eigenvalue weighted by atomic mass is 16.5. The molecule has 2 amide bonds. The number of hydrogen-bond acceptors (Lipinski definition) is 4. The van der Waals surface area contributed by atoms with Gasteiger partial charge in [0.25, 0.3) is 0 Å². The molecule has 1 aliphatic carbocycles. The Kier molecular flexibility index (Phi) is 8.69. The normalized spacial score (nSPS) is 14.4. The van der Waals surface area contributed by atoms with Crippen LogP contribution in [0.4, 0.5) is 0 Å². The molecule has 0 unspecified atom stereocenters.